The van der Waals surface area contributed by atoms with Crippen LogP contribution in [0.25, 0.3) is 0 Å². The number of ether oxygens (including phenoxy) is 1. The Labute approximate surface area is 144 Å². The van der Waals surface area contributed by atoms with E-state index in [1.807, 2.05) is 0 Å². The van der Waals surface area contributed by atoms with Crippen molar-refractivity contribution in [3.8, 4) is 5.88 Å². The fourth-order valence-electron chi connectivity index (χ4n) is 1.99. The van der Waals surface area contributed by atoms with Gasteiger partial charge in [-0.2, -0.15) is 0 Å². The molecule has 0 saturated carbocycles. The van der Waals surface area contributed by atoms with Crippen molar-refractivity contribution in [1.29, 1.82) is 0 Å². The lowest BCUT2D eigenvalue weighted by Crippen LogP contribution is -2.43. The van der Waals surface area contributed by atoms with E-state index in [0.717, 1.165) is 37.3 Å². The summed E-state index contributed by atoms with van der Waals surface area (Å²) in [4.78, 5) is 3.69. The molecule has 0 saturated heterocycles. The molecule has 0 aliphatic heterocycles. The summed E-state index contributed by atoms with van der Waals surface area (Å²) in [6.07, 6.45) is -0.811. The lowest BCUT2D eigenvalue weighted by molar-refractivity contribution is -0.184. The zero-order valence-electron chi connectivity index (χ0n) is 12.6. The van der Waals surface area contributed by atoms with E-state index in [1.165, 1.54) is 6.07 Å². The molecule has 1 atom stereocenters. The molecule has 0 fully saturated rings. The number of benzene rings is 1. The number of pyridine rings is 1. The molecule has 0 aliphatic rings. The zero-order valence-corrected chi connectivity index (χ0v) is 14.2. The highest BCUT2D eigenvalue weighted by Crippen LogP contribution is 2.39. The van der Waals surface area contributed by atoms with Gasteiger partial charge in [-0.25, -0.2) is 22.5 Å². The molecule has 1 aromatic carbocycles. The molecule has 1 unspecified atom stereocenters. The van der Waals surface area contributed by atoms with Gasteiger partial charge in [-0.05, 0) is 46.6 Å². The molecule has 2 rings (SSSR count). The van der Waals surface area contributed by atoms with E-state index < -0.39 is 36.2 Å². The number of halogens is 5. The molecule has 24 heavy (non-hydrogen) atoms. The molecule has 130 valence electrons. The number of aliphatic hydroxyl groups is 1. The summed E-state index contributed by atoms with van der Waals surface area (Å²) in [5.41, 5.74) is -2.61. The molecular weight excluding hydrogens is 394 g/mol. The van der Waals surface area contributed by atoms with Crippen molar-refractivity contribution in [2.24, 2.45) is 0 Å². The smallest absolute Gasteiger partial charge is 0.283 e. The third kappa shape index (κ3) is 4.05. The summed E-state index contributed by atoms with van der Waals surface area (Å²) in [5.74, 6) is -4.76. The lowest BCUT2D eigenvalue weighted by atomic mass is 9.87. The first-order valence-electron chi connectivity index (χ1n) is 6.94. The zero-order chi connectivity index (χ0) is 18.0. The van der Waals surface area contributed by atoms with Crippen LogP contribution >= 0.6 is 15.9 Å². The Bertz CT molecular complexity index is 708. The highest BCUT2D eigenvalue weighted by atomic mass is 79.9. The fraction of sp³-hybridized carbons (Fsp3) is 0.312. The maximum Gasteiger partial charge on any atom is 0.283 e. The third-order valence-corrected chi connectivity index (χ3v) is 4.12. The van der Waals surface area contributed by atoms with E-state index in [2.05, 4.69) is 20.9 Å². The summed E-state index contributed by atoms with van der Waals surface area (Å²) in [6, 6.07) is 6.48. The number of nitrogens with zero attached hydrogens (tertiary/aromatic N) is 1. The summed E-state index contributed by atoms with van der Waals surface area (Å²) < 4.78 is 59.6. The number of alkyl halides is 2. The Morgan fingerprint density at radius 1 is 1.12 bits per heavy atom. The van der Waals surface area contributed by atoms with Crippen LogP contribution in [0.4, 0.5) is 17.6 Å². The molecule has 1 aromatic heterocycles. The number of hydrogen-bond donors (Lipinski definition) is 1. The molecule has 0 aliphatic carbocycles. The Balaban J connectivity index is 2.03. The largest absolute Gasteiger partial charge is 0.477 e. The molecule has 0 radical (unpaired) electrons. The van der Waals surface area contributed by atoms with Crippen molar-refractivity contribution in [2.75, 3.05) is 6.61 Å². The van der Waals surface area contributed by atoms with E-state index in [-0.39, 0.29) is 16.0 Å². The topological polar surface area (TPSA) is 42.4 Å². The minimum absolute atomic E-state index is 0.0273. The molecule has 0 bridgehead atoms. The van der Waals surface area contributed by atoms with Crippen LogP contribution < -0.4 is 4.74 Å². The molecule has 0 amide bonds. The van der Waals surface area contributed by atoms with Crippen LogP contribution in [0.15, 0.2) is 41.0 Å². The van der Waals surface area contributed by atoms with Crippen molar-refractivity contribution in [2.45, 2.75) is 24.9 Å². The number of aromatic nitrogens is 1. The molecule has 0 spiro atoms. The molecule has 2 aromatic rings. The maximum absolute atomic E-state index is 14.3. The third-order valence-electron chi connectivity index (χ3n) is 3.56. The van der Waals surface area contributed by atoms with Gasteiger partial charge in [0.15, 0.2) is 11.4 Å². The molecule has 8 heteroatoms. The predicted molar refractivity (Wildman–Crippen MR) is 82.9 cm³/mol. The summed E-state index contributed by atoms with van der Waals surface area (Å²) in [6.45, 7) is 0.502. The minimum atomic E-state index is -3.54. The van der Waals surface area contributed by atoms with Crippen LogP contribution in [0.2, 0.25) is 0 Å². The van der Waals surface area contributed by atoms with Gasteiger partial charge in [-0.1, -0.05) is 12.1 Å². The summed E-state index contributed by atoms with van der Waals surface area (Å²) in [5, 5.41) is 10.2. The Kier molecular flexibility index (Phi) is 5.49. The highest BCUT2D eigenvalue weighted by Gasteiger charge is 2.49. The van der Waals surface area contributed by atoms with Gasteiger partial charge in [0.1, 0.15) is 10.4 Å². The van der Waals surface area contributed by atoms with Crippen molar-refractivity contribution in [3.05, 3.63) is 58.2 Å². The van der Waals surface area contributed by atoms with Gasteiger partial charge in [0.05, 0.1) is 6.61 Å². The number of rotatable bonds is 6. The molecular formula is C16H14BrF4NO2. The van der Waals surface area contributed by atoms with E-state index in [0.29, 0.717) is 0 Å². The van der Waals surface area contributed by atoms with Crippen LogP contribution in [0.1, 0.15) is 18.9 Å². The second kappa shape index (κ2) is 7.06. The van der Waals surface area contributed by atoms with Crippen LogP contribution in [0.3, 0.4) is 0 Å². The Morgan fingerprint density at radius 3 is 2.33 bits per heavy atom. The Hall–Kier alpha value is -1.67. The van der Waals surface area contributed by atoms with Gasteiger partial charge in [0.25, 0.3) is 5.92 Å². The molecule has 1 heterocycles. The second-order valence-corrected chi connectivity index (χ2v) is 6.06. The van der Waals surface area contributed by atoms with Gasteiger partial charge in [-0.15, -0.1) is 0 Å². The van der Waals surface area contributed by atoms with Gasteiger partial charge in [-0.3, -0.25) is 0 Å². The van der Waals surface area contributed by atoms with Crippen LogP contribution in [-0.2, 0) is 5.60 Å². The van der Waals surface area contributed by atoms with Crippen molar-refractivity contribution in [3.63, 3.8) is 0 Å². The van der Waals surface area contributed by atoms with Gasteiger partial charge >= 0.3 is 0 Å². The average Bonchev–Trinajstić information content (AvgIpc) is 2.51. The number of hydrogen-bond acceptors (Lipinski definition) is 3. The lowest BCUT2D eigenvalue weighted by Gasteiger charge is -2.33. The molecule has 3 nitrogen and oxygen atoms in total. The molecule has 1 N–H and O–H groups in total. The SMILES string of the molecule is CC(O)(c1ccc(F)cc1)C(F)(F)CCOc1ccc(F)c(Br)n1. The van der Waals surface area contributed by atoms with Crippen LogP contribution in [0, 0.1) is 11.6 Å². The normalized spacial score (nSPS) is 14.3. The van der Waals surface area contributed by atoms with Crippen LogP contribution in [-0.4, -0.2) is 22.6 Å². The first-order chi connectivity index (χ1) is 11.1. The summed E-state index contributed by atoms with van der Waals surface area (Å²) >= 11 is 2.86. The van der Waals surface area contributed by atoms with Crippen molar-refractivity contribution >= 4 is 15.9 Å². The fourth-order valence-corrected chi connectivity index (χ4v) is 2.30. The highest BCUT2D eigenvalue weighted by molar-refractivity contribution is 9.10. The average molecular weight is 408 g/mol. The second-order valence-electron chi connectivity index (χ2n) is 5.30. The van der Waals surface area contributed by atoms with Crippen LogP contribution in [0.5, 0.6) is 5.88 Å². The van der Waals surface area contributed by atoms with Crippen molar-refractivity contribution < 1.29 is 27.4 Å². The van der Waals surface area contributed by atoms with E-state index in [4.69, 9.17) is 4.74 Å². The van der Waals surface area contributed by atoms with Crippen molar-refractivity contribution in [1.82, 2.24) is 4.98 Å². The van der Waals surface area contributed by atoms with Gasteiger partial charge < -0.3 is 9.84 Å². The first-order valence-corrected chi connectivity index (χ1v) is 7.74. The van der Waals surface area contributed by atoms with E-state index >= 15 is 0 Å². The summed E-state index contributed by atoms with van der Waals surface area (Å²) in [7, 11) is 0. The van der Waals surface area contributed by atoms with E-state index in [9.17, 15) is 22.7 Å². The monoisotopic (exact) mass is 407 g/mol. The Morgan fingerprint density at radius 2 is 1.75 bits per heavy atom. The van der Waals surface area contributed by atoms with Gasteiger partial charge in [0.2, 0.25) is 5.88 Å². The quantitative estimate of drug-likeness (QED) is 0.568. The minimum Gasteiger partial charge on any atom is -0.477 e. The predicted octanol–water partition coefficient (Wildman–Crippen LogP) is 4.43. The standard InChI is InChI=1S/C16H14BrF4NO2/c1-15(23,10-2-4-11(18)5-3-10)16(20,21)8-9-24-13-7-6-12(19)14(17)22-13/h2-7,23H,8-9H2,1H3. The maximum atomic E-state index is 14.3. The first kappa shape index (κ1) is 18.7. The van der Waals surface area contributed by atoms with E-state index in [1.54, 1.807) is 0 Å². The van der Waals surface area contributed by atoms with Gasteiger partial charge in [0, 0.05) is 12.5 Å².